The number of amides is 1. The molecule has 0 spiro atoms. The average molecular weight is 523 g/mol. The number of hydrogen-bond acceptors (Lipinski definition) is 4. The molecule has 12 heteroatoms. The van der Waals surface area contributed by atoms with Crippen molar-refractivity contribution in [2.24, 2.45) is 5.16 Å². The van der Waals surface area contributed by atoms with Gasteiger partial charge < -0.3 is 14.8 Å². The molecule has 0 bridgehead atoms. The second kappa shape index (κ2) is 8.35. The second-order valence-electron chi connectivity index (χ2n) is 8.30. The predicted octanol–water partition coefficient (Wildman–Crippen LogP) is 5.10. The zero-order chi connectivity index (χ0) is 25.1. The molecule has 1 amide bonds. The van der Waals surface area contributed by atoms with Crippen LogP contribution < -0.4 is 0 Å². The quantitative estimate of drug-likeness (QED) is 0.448. The molecular weight excluding hydrogens is 506 g/mol. The Morgan fingerprint density at radius 1 is 1.15 bits per heavy atom. The fourth-order valence-corrected chi connectivity index (χ4v) is 4.46. The Morgan fingerprint density at radius 3 is 2.21 bits per heavy atom. The van der Waals surface area contributed by atoms with Crippen LogP contribution in [0.25, 0.3) is 0 Å². The van der Waals surface area contributed by atoms with E-state index in [1.165, 1.54) is 36.1 Å². The van der Waals surface area contributed by atoms with E-state index >= 15 is 4.39 Å². The number of nitrogens with zero attached hydrogens (tertiary/aromatic N) is 2. The van der Waals surface area contributed by atoms with Crippen LogP contribution >= 0.6 is 23.2 Å². The van der Waals surface area contributed by atoms with Gasteiger partial charge in [-0.3, -0.25) is 4.79 Å². The van der Waals surface area contributed by atoms with Crippen LogP contribution in [0, 0.1) is 5.82 Å². The topological polar surface area (TPSA) is 62.1 Å². The zero-order valence-corrected chi connectivity index (χ0v) is 19.0. The van der Waals surface area contributed by atoms with Crippen LogP contribution in [0.3, 0.4) is 0 Å². The summed E-state index contributed by atoms with van der Waals surface area (Å²) in [6.45, 7) is 0.793. The standard InChI is InChI=1S/C22H17Cl2F5N2O3/c1-11(32)19(33)31-9-20(26,10-31)13-4-2-12(3-5-13)17-8-21(34-30-17,22(27,28)29)14-6-15(23)18(25)16(24)7-14/h2-7,11,32H,8-10H2,1H3/t11-,21?/m1/s1. The fourth-order valence-electron chi connectivity index (χ4n) is 3.97. The van der Waals surface area contributed by atoms with E-state index in [9.17, 15) is 27.5 Å². The summed E-state index contributed by atoms with van der Waals surface area (Å²) in [5.41, 5.74) is -4.86. The summed E-state index contributed by atoms with van der Waals surface area (Å²) < 4.78 is 71.2. The average Bonchev–Trinajstić information content (AvgIpc) is 3.21. The van der Waals surface area contributed by atoms with Gasteiger partial charge in [-0.1, -0.05) is 52.6 Å². The third-order valence-corrected chi connectivity index (χ3v) is 6.47. The van der Waals surface area contributed by atoms with E-state index in [1.807, 2.05) is 0 Å². The van der Waals surface area contributed by atoms with E-state index in [0.717, 1.165) is 12.1 Å². The van der Waals surface area contributed by atoms with Gasteiger partial charge in [0.2, 0.25) is 0 Å². The lowest BCUT2D eigenvalue weighted by Gasteiger charge is -2.45. The lowest BCUT2D eigenvalue weighted by molar-refractivity contribution is -0.275. The maximum atomic E-state index is 15.1. The number of aliphatic hydroxyl groups excluding tert-OH is 1. The Labute approximate surface area is 200 Å². The number of carbonyl (C=O) groups excluding carboxylic acids is 1. The molecule has 2 atom stereocenters. The minimum Gasteiger partial charge on any atom is -0.384 e. The summed E-state index contributed by atoms with van der Waals surface area (Å²) >= 11 is 11.4. The molecule has 2 aromatic rings. The van der Waals surface area contributed by atoms with Gasteiger partial charge in [0, 0.05) is 12.0 Å². The number of aliphatic hydroxyl groups is 1. The predicted molar refractivity (Wildman–Crippen MR) is 114 cm³/mol. The molecule has 1 unspecified atom stereocenters. The molecule has 4 rings (SSSR count). The van der Waals surface area contributed by atoms with Crippen molar-refractivity contribution in [2.75, 3.05) is 13.1 Å². The first kappa shape index (κ1) is 24.7. The number of benzene rings is 2. The van der Waals surface area contributed by atoms with Gasteiger partial charge in [-0.15, -0.1) is 0 Å². The minimum atomic E-state index is -4.95. The Bertz CT molecular complexity index is 1140. The van der Waals surface area contributed by atoms with Crippen LogP contribution in [0.5, 0.6) is 0 Å². The van der Waals surface area contributed by atoms with Crippen LogP contribution in [0.15, 0.2) is 41.6 Å². The number of oxime groups is 1. The molecule has 0 radical (unpaired) electrons. The molecule has 34 heavy (non-hydrogen) atoms. The SMILES string of the molecule is C[C@@H](O)C(=O)N1CC(F)(c2ccc(C3=NOC(c4cc(Cl)c(F)c(Cl)c4)(C(F)(F)F)C3)cc2)C1. The summed E-state index contributed by atoms with van der Waals surface area (Å²) in [6.07, 6.45) is -6.93. The van der Waals surface area contributed by atoms with Crippen molar-refractivity contribution in [3.63, 3.8) is 0 Å². The van der Waals surface area contributed by atoms with Gasteiger partial charge in [0.25, 0.3) is 11.5 Å². The highest BCUT2D eigenvalue weighted by molar-refractivity contribution is 6.35. The second-order valence-corrected chi connectivity index (χ2v) is 9.11. The van der Waals surface area contributed by atoms with E-state index in [-0.39, 0.29) is 29.9 Å². The summed E-state index contributed by atoms with van der Waals surface area (Å²) in [5, 5.41) is 11.7. The molecule has 1 N–H and O–H groups in total. The van der Waals surface area contributed by atoms with E-state index in [4.69, 9.17) is 28.0 Å². The van der Waals surface area contributed by atoms with E-state index < -0.39 is 57.3 Å². The van der Waals surface area contributed by atoms with Crippen molar-refractivity contribution in [1.82, 2.24) is 4.90 Å². The molecule has 1 saturated heterocycles. The first-order chi connectivity index (χ1) is 15.8. The number of rotatable bonds is 4. The molecule has 2 aliphatic heterocycles. The van der Waals surface area contributed by atoms with Crippen molar-refractivity contribution in [1.29, 1.82) is 0 Å². The summed E-state index contributed by atoms with van der Waals surface area (Å²) in [5.74, 6) is -1.64. The highest BCUT2D eigenvalue weighted by Crippen LogP contribution is 2.50. The first-order valence-corrected chi connectivity index (χ1v) is 10.8. The molecule has 2 heterocycles. The molecule has 2 aliphatic rings. The Balaban J connectivity index is 1.56. The van der Waals surface area contributed by atoms with E-state index in [2.05, 4.69) is 5.16 Å². The number of hydrogen-bond donors (Lipinski definition) is 1. The smallest absolute Gasteiger partial charge is 0.384 e. The van der Waals surface area contributed by atoms with Gasteiger partial charge in [-0.05, 0) is 30.2 Å². The summed E-state index contributed by atoms with van der Waals surface area (Å²) in [4.78, 5) is 17.8. The third-order valence-electron chi connectivity index (χ3n) is 5.92. The van der Waals surface area contributed by atoms with Crippen molar-refractivity contribution in [3.05, 3.63) is 69.0 Å². The van der Waals surface area contributed by atoms with Gasteiger partial charge in [0.1, 0.15) is 6.10 Å². The molecule has 0 aromatic heterocycles. The Kier molecular flexibility index (Phi) is 6.06. The Hall–Kier alpha value is -2.43. The van der Waals surface area contributed by atoms with Crippen LogP contribution in [-0.2, 0) is 20.9 Å². The van der Waals surface area contributed by atoms with Crippen molar-refractivity contribution in [2.45, 2.75) is 36.9 Å². The van der Waals surface area contributed by atoms with Crippen LogP contribution in [-0.4, -0.2) is 47.0 Å². The van der Waals surface area contributed by atoms with Gasteiger partial charge in [-0.25, -0.2) is 8.78 Å². The lowest BCUT2D eigenvalue weighted by Crippen LogP contribution is -2.60. The molecule has 2 aromatic carbocycles. The van der Waals surface area contributed by atoms with Crippen LogP contribution in [0.1, 0.15) is 30.0 Å². The van der Waals surface area contributed by atoms with Crippen LogP contribution in [0.2, 0.25) is 10.0 Å². The van der Waals surface area contributed by atoms with Crippen molar-refractivity contribution in [3.8, 4) is 0 Å². The first-order valence-electron chi connectivity index (χ1n) is 10.0. The van der Waals surface area contributed by atoms with Gasteiger partial charge >= 0.3 is 6.18 Å². The highest BCUT2D eigenvalue weighted by atomic mass is 35.5. The summed E-state index contributed by atoms with van der Waals surface area (Å²) in [6, 6.07) is 7.16. The number of carbonyl (C=O) groups is 1. The number of likely N-dealkylation sites (tertiary alicyclic amines) is 1. The van der Waals surface area contributed by atoms with Crippen molar-refractivity contribution < 1.29 is 36.7 Å². The number of alkyl halides is 4. The van der Waals surface area contributed by atoms with E-state index in [1.54, 1.807) is 0 Å². The van der Waals surface area contributed by atoms with Gasteiger partial charge in [0.15, 0.2) is 11.5 Å². The van der Waals surface area contributed by atoms with E-state index in [0.29, 0.717) is 0 Å². The Morgan fingerprint density at radius 2 is 1.71 bits per heavy atom. The third kappa shape index (κ3) is 4.01. The molecule has 182 valence electrons. The molecular formula is C22H17Cl2F5N2O3. The normalized spacial score (nSPS) is 22.6. The molecule has 5 nitrogen and oxygen atoms in total. The minimum absolute atomic E-state index is 0.0622. The van der Waals surface area contributed by atoms with Crippen LogP contribution in [0.4, 0.5) is 22.0 Å². The monoisotopic (exact) mass is 522 g/mol. The highest BCUT2D eigenvalue weighted by Gasteiger charge is 2.62. The maximum Gasteiger partial charge on any atom is 0.435 e. The van der Waals surface area contributed by atoms with Crippen molar-refractivity contribution >= 4 is 34.8 Å². The molecule has 1 fully saturated rings. The van der Waals surface area contributed by atoms with Gasteiger partial charge in [-0.2, -0.15) is 13.2 Å². The maximum absolute atomic E-state index is 15.1. The molecule has 0 saturated carbocycles. The summed E-state index contributed by atoms with van der Waals surface area (Å²) in [7, 11) is 0. The van der Waals surface area contributed by atoms with Gasteiger partial charge in [0.05, 0.1) is 28.8 Å². The molecule has 0 aliphatic carbocycles. The zero-order valence-electron chi connectivity index (χ0n) is 17.5. The number of halogens is 7. The lowest BCUT2D eigenvalue weighted by atomic mass is 9.84. The largest absolute Gasteiger partial charge is 0.435 e. The fraction of sp³-hybridized carbons (Fsp3) is 0.364.